The molecule has 0 saturated carbocycles. The highest BCUT2D eigenvalue weighted by atomic mass is 79.9. The fraction of sp³-hybridized carbons (Fsp3) is 1.00. The second kappa shape index (κ2) is 3.72. The third-order valence-corrected chi connectivity index (χ3v) is 3.16. The minimum absolute atomic E-state index is 0.203. The minimum atomic E-state index is 0.203. The van der Waals surface area contributed by atoms with E-state index < -0.39 is 0 Å². The van der Waals surface area contributed by atoms with Crippen molar-refractivity contribution >= 4 is 15.9 Å². The van der Waals surface area contributed by atoms with Crippen molar-refractivity contribution in [3.05, 3.63) is 0 Å². The Morgan fingerprint density at radius 1 is 1.60 bits per heavy atom. The third kappa shape index (κ3) is 1.73. The summed E-state index contributed by atoms with van der Waals surface area (Å²) < 4.78 is 5.68. The average molecular weight is 207 g/mol. The van der Waals surface area contributed by atoms with Crippen LogP contribution in [0, 0.1) is 0 Å². The van der Waals surface area contributed by atoms with Crippen molar-refractivity contribution in [2.75, 3.05) is 11.9 Å². The number of halogens is 1. The lowest BCUT2D eigenvalue weighted by Crippen LogP contribution is -2.29. The van der Waals surface area contributed by atoms with Gasteiger partial charge in [0.1, 0.15) is 0 Å². The Labute approximate surface area is 71.3 Å². The van der Waals surface area contributed by atoms with Gasteiger partial charge in [-0.2, -0.15) is 0 Å². The number of alkyl halides is 1. The molecule has 0 aromatic heterocycles. The molecule has 0 radical (unpaired) electrons. The van der Waals surface area contributed by atoms with Crippen LogP contribution in [0.2, 0.25) is 0 Å². The first-order valence-electron chi connectivity index (χ1n) is 4.03. The normalized spacial score (nSPS) is 33.0. The summed E-state index contributed by atoms with van der Waals surface area (Å²) in [6.07, 6.45) is 4.92. The fourth-order valence-electron chi connectivity index (χ4n) is 1.58. The van der Waals surface area contributed by atoms with Gasteiger partial charge in [0.05, 0.1) is 5.60 Å². The van der Waals surface area contributed by atoms with Gasteiger partial charge in [-0.05, 0) is 19.3 Å². The van der Waals surface area contributed by atoms with Crippen LogP contribution in [0.3, 0.4) is 0 Å². The van der Waals surface area contributed by atoms with Crippen molar-refractivity contribution in [2.24, 2.45) is 0 Å². The van der Waals surface area contributed by atoms with Crippen LogP contribution in [-0.2, 0) is 4.74 Å². The van der Waals surface area contributed by atoms with Crippen LogP contribution in [0.1, 0.15) is 32.6 Å². The molecule has 0 aromatic rings. The van der Waals surface area contributed by atoms with Crippen LogP contribution in [0.25, 0.3) is 0 Å². The summed E-state index contributed by atoms with van der Waals surface area (Å²) in [5, 5.41) is 1.01. The summed E-state index contributed by atoms with van der Waals surface area (Å²) in [5.74, 6) is 0. The largest absolute Gasteiger partial charge is 0.374 e. The Hall–Kier alpha value is 0.440. The number of hydrogen-bond acceptors (Lipinski definition) is 1. The summed E-state index contributed by atoms with van der Waals surface area (Å²) in [5.41, 5.74) is 0.203. The van der Waals surface area contributed by atoms with Gasteiger partial charge in [-0.15, -0.1) is 0 Å². The summed E-state index contributed by atoms with van der Waals surface area (Å²) in [4.78, 5) is 0. The van der Waals surface area contributed by atoms with Gasteiger partial charge >= 0.3 is 0 Å². The summed E-state index contributed by atoms with van der Waals surface area (Å²) in [6, 6.07) is 0. The predicted octanol–water partition coefficient (Wildman–Crippen LogP) is 2.73. The van der Waals surface area contributed by atoms with E-state index in [0.717, 1.165) is 11.9 Å². The molecule has 1 unspecified atom stereocenters. The van der Waals surface area contributed by atoms with Crippen LogP contribution in [-0.4, -0.2) is 17.5 Å². The van der Waals surface area contributed by atoms with Gasteiger partial charge in [0.25, 0.3) is 0 Å². The van der Waals surface area contributed by atoms with E-state index in [1.165, 1.54) is 25.7 Å². The van der Waals surface area contributed by atoms with Gasteiger partial charge in [-0.1, -0.05) is 29.3 Å². The number of hydrogen-bond donors (Lipinski definition) is 0. The van der Waals surface area contributed by atoms with Crippen molar-refractivity contribution in [1.82, 2.24) is 0 Å². The van der Waals surface area contributed by atoms with Gasteiger partial charge in [0.2, 0.25) is 0 Å². The summed E-state index contributed by atoms with van der Waals surface area (Å²) >= 11 is 3.51. The molecule has 10 heavy (non-hydrogen) atoms. The van der Waals surface area contributed by atoms with E-state index in [-0.39, 0.29) is 5.60 Å². The smallest absolute Gasteiger partial charge is 0.0779 e. The highest BCUT2D eigenvalue weighted by molar-refractivity contribution is 9.09. The van der Waals surface area contributed by atoms with Crippen molar-refractivity contribution in [3.63, 3.8) is 0 Å². The van der Waals surface area contributed by atoms with Crippen molar-refractivity contribution < 1.29 is 4.74 Å². The quantitative estimate of drug-likeness (QED) is 0.646. The average Bonchev–Trinajstić information content (AvgIpc) is 2.39. The first kappa shape index (κ1) is 8.54. The second-order valence-electron chi connectivity index (χ2n) is 3.02. The monoisotopic (exact) mass is 206 g/mol. The Kier molecular flexibility index (Phi) is 3.18. The zero-order valence-electron chi connectivity index (χ0n) is 6.53. The Bertz CT molecular complexity index is 97.4. The summed E-state index contributed by atoms with van der Waals surface area (Å²) in [6.45, 7) is 3.18. The highest BCUT2D eigenvalue weighted by Gasteiger charge is 2.32. The van der Waals surface area contributed by atoms with Gasteiger partial charge in [-0.3, -0.25) is 0 Å². The molecular weight excluding hydrogens is 192 g/mol. The summed E-state index contributed by atoms with van der Waals surface area (Å²) in [7, 11) is 0. The van der Waals surface area contributed by atoms with Gasteiger partial charge in [0, 0.05) is 11.9 Å². The molecule has 0 aliphatic carbocycles. The molecule has 0 amide bonds. The molecular formula is C8H15BrO. The molecule has 0 aromatic carbocycles. The van der Waals surface area contributed by atoms with E-state index in [9.17, 15) is 0 Å². The molecule has 1 rings (SSSR count). The van der Waals surface area contributed by atoms with E-state index in [1.54, 1.807) is 0 Å². The number of rotatable bonds is 3. The van der Waals surface area contributed by atoms with Crippen molar-refractivity contribution in [3.8, 4) is 0 Å². The fourth-order valence-corrected chi connectivity index (χ4v) is 2.30. The lowest BCUT2D eigenvalue weighted by Gasteiger charge is -2.24. The second-order valence-corrected chi connectivity index (χ2v) is 3.58. The molecule has 0 spiro atoms. The number of ether oxygens (including phenoxy) is 1. The van der Waals surface area contributed by atoms with E-state index >= 15 is 0 Å². The SMILES string of the molecule is CCCC1(CBr)CCCO1. The predicted molar refractivity (Wildman–Crippen MR) is 46.6 cm³/mol. The minimum Gasteiger partial charge on any atom is -0.374 e. The lowest BCUT2D eigenvalue weighted by molar-refractivity contribution is 0.0180. The van der Waals surface area contributed by atoms with Crippen LogP contribution < -0.4 is 0 Å². The van der Waals surface area contributed by atoms with Crippen molar-refractivity contribution in [2.45, 2.75) is 38.2 Å². The molecule has 1 atom stereocenters. The maximum Gasteiger partial charge on any atom is 0.0779 e. The van der Waals surface area contributed by atoms with E-state index in [4.69, 9.17) is 4.74 Å². The molecule has 1 fully saturated rings. The topological polar surface area (TPSA) is 9.23 Å². The van der Waals surface area contributed by atoms with Crippen LogP contribution in [0.15, 0.2) is 0 Å². The molecule has 1 saturated heterocycles. The molecule has 2 heteroatoms. The molecule has 0 N–H and O–H groups in total. The van der Waals surface area contributed by atoms with E-state index in [2.05, 4.69) is 22.9 Å². The third-order valence-electron chi connectivity index (χ3n) is 2.13. The molecule has 0 bridgehead atoms. The zero-order chi connectivity index (χ0) is 7.45. The maximum atomic E-state index is 5.68. The lowest BCUT2D eigenvalue weighted by atomic mass is 9.97. The standard InChI is InChI=1S/C8H15BrO/c1-2-4-8(7-9)5-3-6-10-8/h2-7H2,1H3. The van der Waals surface area contributed by atoms with Crippen LogP contribution in [0.4, 0.5) is 0 Å². The molecule has 60 valence electrons. The van der Waals surface area contributed by atoms with E-state index in [0.29, 0.717) is 0 Å². The van der Waals surface area contributed by atoms with Gasteiger partial charge < -0.3 is 4.74 Å². The molecule has 1 nitrogen and oxygen atoms in total. The first-order valence-corrected chi connectivity index (χ1v) is 5.15. The Morgan fingerprint density at radius 3 is 2.80 bits per heavy atom. The molecule has 1 aliphatic rings. The van der Waals surface area contributed by atoms with Crippen LogP contribution >= 0.6 is 15.9 Å². The van der Waals surface area contributed by atoms with Crippen LogP contribution in [0.5, 0.6) is 0 Å². The van der Waals surface area contributed by atoms with Gasteiger partial charge in [0.15, 0.2) is 0 Å². The van der Waals surface area contributed by atoms with E-state index in [1.807, 2.05) is 0 Å². The Balaban J connectivity index is 2.41. The Morgan fingerprint density at radius 2 is 2.40 bits per heavy atom. The zero-order valence-corrected chi connectivity index (χ0v) is 8.11. The van der Waals surface area contributed by atoms with Gasteiger partial charge in [-0.25, -0.2) is 0 Å². The highest BCUT2D eigenvalue weighted by Crippen LogP contribution is 2.31. The molecule has 1 aliphatic heterocycles. The maximum absolute atomic E-state index is 5.68. The van der Waals surface area contributed by atoms with Crippen molar-refractivity contribution in [1.29, 1.82) is 0 Å². The first-order chi connectivity index (χ1) is 4.83. The molecule has 1 heterocycles.